The summed E-state index contributed by atoms with van der Waals surface area (Å²) in [6.45, 7) is 0.318. The first-order valence-electron chi connectivity index (χ1n) is 4.35. The Morgan fingerprint density at radius 3 is 2.87 bits per heavy atom. The Bertz CT molecular complexity index is 355. The van der Waals surface area contributed by atoms with Gasteiger partial charge in [-0.15, -0.1) is 0 Å². The van der Waals surface area contributed by atoms with Gasteiger partial charge in [0.05, 0.1) is 7.11 Å². The van der Waals surface area contributed by atoms with Crippen LogP contribution in [0.5, 0.6) is 5.75 Å². The molecule has 1 aromatic rings. The first-order valence-corrected chi connectivity index (χ1v) is 5.14. The van der Waals surface area contributed by atoms with E-state index in [9.17, 15) is 4.79 Å². The third-order valence-corrected chi connectivity index (χ3v) is 2.60. The number of ether oxygens (including phenoxy) is 2. The first-order chi connectivity index (χ1) is 7.17. The third kappa shape index (κ3) is 3.53. The molecule has 1 aromatic carbocycles. The number of halogens is 1. The fraction of sp³-hybridized carbons (Fsp3) is 0.300. The number of benzene rings is 1. The van der Waals surface area contributed by atoms with Gasteiger partial charge in [0.25, 0.3) is 0 Å². The molecule has 0 bridgehead atoms. The van der Waals surface area contributed by atoms with E-state index in [0.717, 1.165) is 10.0 Å². The Morgan fingerprint density at radius 2 is 2.27 bits per heavy atom. The summed E-state index contributed by atoms with van der Waals surface area (Å²) >= 11 is 3.36. The second-order valence-corrected chi connectivity index (χ2v) is 3.68. The number of nitrogens with two attached hydrogens (primary N) is 1. The Labute approximate surface area is 96.5 Å². The molecule has 0 aliphatic heterocycles. The molecule has 15 heavy (non-hydrogen) atoms. The maximum Gasteiger partial charge on any atom is 0.343 e. The normalized spacial score (nSPS) is 9.80. The summed E-state index contributed by atoms with van der Waals surface area (Å²) in [5.74, 6) is 0.191. The fourth-order valence-corrected chi connectivity index (χ4v) is 1.41. The Kier molecular flexibility index (Phi) is 4.58. The van der Waals surface area contributed by atoms with Crippen molar-refractivity contribution in [1.82, 2.24) is 0 Å². The zero-order valence-corrected chi connectivity index (χ0v) is 9.91. The van der Waals surface area contributed by atoms with Crippen LogP contribution in [0, 0.1) is 0 Å². The molecule has 0 radical (unpaired) electrons. The average Bonchev–Trinajstić information content (AvgIpc) is 2.27. The molecule has 5 heteroatoms. The Hall–Kier alpha value is -1.07. The standard InChI is InChI=1S/C10H12BrNO3/c1-14-10(13)6-15-8-2-3-9(11)7(4-8)5-12/h2-4H,5-6,12H2,1H3. The van der Waals surface area contributed by atoms with Crippen molar-refractivity contribution >= 4 is 21.9 Å². The minimum absolute atomic E-state index is 0.0951. The lowest BCUT2D eigenvalue weighted by molar-refractivity contribution is -0.142. The van der Waals surface area contributed by atoms with E-state index in [0.29, 0.717) is 12.3 Å². The molecular formula is C10H12BrNO3. The molecule has 82 valence electrons. The summed E-state index contributed by atoms with van der Waals surface area (Å²) in [5, 5.41) is 0. The summed E-state index contributed by atoms with van der Waals surface area (Å²) in [6.07, 6.45) is 0. The van der Waals surface area contributed by atoms with E-state index < -0.39 is 5.97 Å². The van der Waals surface area contributed by atoms with Gasteiger partial charge >= 0.3 is 5.97 Å². The molecule has 0 saturated heterocycles. The number of hydrogen-bond acceptors (Lipinski definition) is 4. The minimum Gasteiger partial charge on any atom is -0.482 e. The van der Waals surface area contributed by atoms with Gasteiger partial charge in [-0.1, -0.05) is 15.9 Å². The summed E-state index contributed by atoms with van der Waals surface area (Å²) in [4.78, 5) is 10.8. The topological polar surface area (TPSA) is 61.5 Å². The second kappa shape index (κ2) is 5.72. The molecule has 0 aliphatic rings. The van der Waals surface area contributed by atoms with Crippen LogP contribution >= 0.6 is 15.9 Å². The SMILES string of the molecule is COC(=O)COc1ccc(Br)c(CN)c1. The molecule has 2 N–H and O–H groups in total. The molecule has 0 saturated carbocycles. The van der Waals surface area contributed by atoms with Crippen molar-refractivity contribution in [2.24, 2.45) is 5.73 Å². The van der Waals surface area contributed by atoms with Crippen molar-refractivity contribution in [1.29, 1.82) is 0 Å². The summed E-state index contributed by atoms with van der Waals surface area (Å²) in [7, 11) is 1.32. The van der Waals surface area contributed by atoms with Crippen molar-refractivity contribution in [3.8, 4) is 5.75 Å². The smallest absolute Gasteiger partial charge is 0.343 e. The van der Waals surface area contributed by atoms with Crippen LogP contribution in [0.3, 0.4) is 0 Å². The van der Waals surface area contributed by atoms with E-state index >= 15 is 0 Å². The molecule has 1 rings (SSSR count). The number of carbonyl (C=O) groups is 1. The van der Waals surface area contributed by atoms with Gasteiger partial charge in [0.1, 0.15) is 5.75 Å². The molecule has 0 aliphatic carbocycles. The lowest BCUT2D eigenvalue weighted by Gasteiger charge is -2.07. The van der Waals surface area contributed by atoms with Crippen molar-refractivity contribution < 1.29 is 14.3 Å². The molecule has 0 aromatic heterocycles. The van der Waals surface area contributed by atoms with Crippen LogP contribution in [0.15, 0.2) is 22.7 Å². The zero-order valence-electron chi connectivity index (χ0n) is 8.33. The van der Waals surface area contributed by atoms with Crippen molar-refractivity contribution in [3.63, 3.8) is 0 Å². The van der Waals surface area contributed by atoms with E-state index in [4.69, 9.17) is 10.5 Å². The van der Waals surface area contributed by atoms with Gasteiger partial charge in [-0.05, 0) is 23.8 Å². The predicted molar refractivity (Wildman–Crippen MR) is 59.5 cm³/mol. The number of methoxy groups -OCH3 is 1. The maximum atomic E-state index is 10.8. The zero-order chi connectivity index (χ0) is 11.3. The Balaban J connectivity index is 2.66. The lowest BCUT2D eigenvalue weighted by atomic mass is 10.2. The third-order valence-electron chi connectivity index (χ3n) is 1.82. The average molecular weight is 274 g/mol. The van der Waals surface area contributed by atoms with Gasteiger partial charge in [-0.25, -0.2) is 4.79 Å². The van der Waals surface area contributed by atoms with Crippen LogP contribution in [0.25, 0.3) is 0 Å². The highest BCUT2D eigenvalue weighted by atomic mass is 79.9. The maximum absolute atomic E-state index is 10.8. The summed E-state index contributed by atoms with van der Waals surface area (Å²) in [6, 6.07) is 5.37. The van der Waals surface area contributed by atoms with Crippen molar-refractivity contribution in [2.75, 3.05) is 13.7 Å². The second-order valence-electron chi connectivity index (χ2n) is 2.82. The molecule has 0 spiro atoms. The quantitative estimate of drug-likeness (QED) is 0.844. The van der Waals surface area contributed by atoms with Crippen molar-refractivity contribution in [2.45, 2.75) is 6.54 Å². The van der Waals surface area contributed by atoms with E-state index in [1.165, 1.54) is 7.11 Å². The highest BCUT2D eigenvalue weighted by Gasteiger charge is 2.04. The molecule has 0 heterocycles. The molecular weight excluding hydrogens is 262 g/mol. The van der Waals surface area contributed by atoms with Crippen LogP contribution in [0.2, 0.25) is 0 Å². The number of carbonyl (C=O) groups excluding carboxylic acids is 1. The van der Waals surface area contributed by atoms with E-state index in [-0.39, 0.29) is 6.61 Å². The van der Waals surface area contributed by atoms with Gasteiger partial charge in [0.2, 0.25) is 0 Å². The van der Waals surface area contributed by atoms with Crippen LogP contribution in [-0.2, 0) is 16.1 Å². The van der Waals surface area contributed by atoms with E-state index in [2.05, 4.69) is 20.7 Å². The van der Waals surface area contributed by atoms with Crippen molar-refractivity contribution in [3.05, 3.63) is 28.2 Å². The lowest BCUT2D eigenvalue weighted by Crippen LogP contribution is -2.12. The molecule has 0 amide bonds. The molecule has 4 nitrogen and oxygen atoms in total. The van der Waals surface area contributed by atoms with Crippen LogP contribution in [0.4, 0.5) is 0 Å². The van der Waals surface area contributed by atoms with E-state index in [1.54, 1.807) is 12.1 Å². The van der Waals surface area contributed by atoms with Gasteiger partial charge in [-0.3, -0.25) is 0 Å². The van der Waals surface area contributed by atoms with Crippen LogP contribution < -0.4 is 10.5 Å². The molecule has 0 unspecified atom stereocenters. The highest BCUT2D eigenvalue weighted by molar-refractivity contribution is 9.10. The minimum atomic E-state index is -0.410. The van der Waals surface area contributed by atoms with Gasteiger partial charge in [0, 0.05) is 11.0 Å². The number of esters is 1. The Morgan fingerprint density at radius 1 is 1.53 bits per heavy atom. The molecule has 0 fully saturated rings. The van der Waals surface area contributed by atoms with Crippen LogP contribution in [0.1, 0.15) is 5.56 Å². The van der Waals surface area contributed by atoms with Gasteiger partial charge < -0.3 is 15.2 Å². The summed E-state index contributed by atoms with van der Waals surface area (Å²) < 4.78 is 10.6. The summed E-state index contributed by atoms with van der Waals surface area (Å²) in [5.41, 5.74) is 6.45. The monoisotopic (exact) mass is 273 g/mol. The molecule has 0 atom stereocenters. The number of rotatable bonds is 4. The van der Waals surface area contributed by atoms with Gasteiger partial charge in [0.15, 0.2) is 6.61 Å². The highest BCUT2D eigenvalue weighted by Crippen LogP contribution is 2.22. The fourth-order valence-electron chi connectivity index (χ4n) is 0.999. The van der Waals surface area contributed by atoms with Gasteiger partial charge in [-0.2, -0.15) is 0 Å². The van der Waals surface area contributed by atoms with Crippen LogP contribution in [-0.4, -0.2) is 19.7 Å². The number of hydrogen-bond donors (Lipinski definition) is 1. The first kappa shape index (κ1) is 12.0. The van der Waals surface area contributed by atoms with E-state index in [1.807, 2.05) is 6.07 Å². The largest absolute Gasteiger partial charge is 0.482 e. The predicted octanol–water partition coefficient (Wildman–Crippen LogP) is 1.46.